The molecule has 3 aromatic rings. The number of hydrogen-bond donors (Lipinski definition) is 3. The minimum absolute atomic E-state index is 0.00824. The van der Waals surface area contributed by atoms with Crippen LogP contribution in [0.5, 0.6) is 0 Å². The maximum atomic E-state index is 12.1. The summed E-state index contributed by atoms with van der Waals surface area (Å²) in [7, 11) is 0. The number of thioether (sulfide) groups is 1. The first-order valence-corrected chi connectivity index (χ1v) is 12.8. The number of nitrogens with one attached hydrogen (secondary N) is 2. The van der Waals surface area contributed by atoms with E-state index in [2.05, 4.69) is 27.4 Å². The van der Waals surface area contributed by atoms with Crippen LogP contribution in [0.25, 0.3) is 0 Å². The van der Waals surface area contributed by atoms with Gasteiger partial charge in [-0.25, -0.2) is 4.98 Å². The summed E-state index contributed by atoms with van der Waals surface area (Å²) in [5.41, 5.74) is 2.94. The average molecular weight is 558 g/mol. The van der Waals surface area contributed by atoms with E-state index in [1.54, 1.807) is 18.2 Å². The summed E-state index contributed by atoms with van der Waals surface area (Å²) >= 11 is 18.6. The highest BCUT2D eigenvalue weighted by molar-refractivity contribution is 7.99. The molecule has 0 spiro atoms. The van der Waals surface area contributed by atoms with E-state index in [9.17, 15) is 9.90 Å². The van der Waals surface area contributed by atoms with Crippen LogP contribution in [0.1, 0.15) is 36.0 Å². The van der Waals surface area contributed by atoms with Crippen molar-refractivity contribution in [2.45, 2.75) is 41.0 Å². The first kappa shape index (κ1) is 26.2. The Morgan fingerprint density at radius 1 is 1.17 bits per heavy atom. The van der Waals surface area contributed by atoms with Crippen LogP contribution in [-0.4, -0.2) is 41.8 Å². The molecule has 1 amide bonds. The number of ether oxygens (including phenoxy) is 2. The van der Waals surface area contributed by atoms with Gasteiger partial charge in [0.05, 0.1) is 18.8 Å². The molecule has 3 N–H and O–H groups in total. The Labute approximate surface area is 221 Å². The number of alkyl halides is 3. The van der Waals surface area contributed by atoms with Gasteiger partial charge in [-0.15, -0.1) is 0 Å². The van der Waals surface area contributed by atoms with Crippen LogP contribution in [0.2, 0.25) is 0 Å². The number of amides is 1. The Morgan fingerprint density at radius 3 is 2.60 bits per heavy atom. The third-order valence-electron chi connectivity index (χ3n) is 5.57. The predicted molar refractivity (Wildman–Crippen MR) is 135 cm³/mol. The number of anilines is 1. The molecule has 12 heteroatoms. The maximum Gasteiger partial charge on any atom is 0.276 e. The number of hydrogen-bond acceptors (Lipinski definition) is 7. The van der Waals surface area contributed by atoms with E-state index in [-0.39, 0.29) is 24.7 Å². The highest BCUT2D eigenvalue weighted by Gasteiger charge is 2.38. The molecule has 2 heterocycles. The van der Waals surface area contributed by atoms with Crippen LogP contribution >= 0.6 is 46.6 Å². The number of rotatable bonds is 7. The summed E-state index contributed by atoms with van der Waals surface area (Å²) in [5.74, 6) is -0.138. The molecule has 1 fully saturated rings. The molecule has 0 radical (unpaired) electrons. The molecular formula is C23H23Cl3N4O4S. The van der Waals surface area contributed by atoms with Gasteiger partial charge >= 0.3 is 0 Å². The standard InChI is InChI=1S/C23H23Cl3N4O4S/c1-13-18(11-35-22-27-12-28-30-22)33-20(34-19(13)15-7-5-14(10-31)6-8-15)16-3-2-4-17(9-16)29-21(32)23(24,25)26/h2-9,12-13,18-20,31H,10-11H2,1H3,(H,29,32)(H,27,28,30). The van der Waals surface area contributed by atoms with E-state index in [0.717, 1.165) is 11.1 Å². The van der Waals surface area contributed by atoms with Gasteiger partial charge in [0.15, 0.2) is 11.4 Å². The lowest BCUT2D eigenvalue weighted by atomic mass is 9.91. The third kappa shape index (κ3) is 6.68. The fraction of sp³-hybridized carbons (Fsp3) is 0.348. The number of carbonyl (C=O) groups excluding carboxylic acids is 1. The monoisotopic (exact) mass is 556 g/mol. The highest BCUT2D eigenvalue weighted by Crippen LogP contribution is 2.43. The van der Waals surface area contributed by atoms with E-state index in [0.29, 0.717) is 22.2 Å². The molecule has 1 saturated heterocycles. The molecule has 2 aromatic carbocycles. The lowest BCUT2D eigenvalue weighted by Crippen LogP contribution is -2.38. The fourth-order valence-electron chi connectivity index (χ4n) is 3.70. The van der Waals surface area contributed by atoms with Crippen molar-refractivity contribution in [3.8, 4) is 0 Å². The van der Waals surface area contributed by atoms with Gasteiger partial charge in [0.1, 0.15) is 6.33 Å². The van der Waals surface area contributed by atoms with E-state index < -0.39 is 16.0 Å². The molecular weight excluding hydrogens is 535 g/mol. The van der Waals surface area contributed by atoms with Gasteiger partial charge in [0.25, 0.3) is 9.70 Å². The number of carbonyl (C=O) groups is 1. The van der Waals surface area contributed by atoms with E-state index in [4.69, 9.17) is 44.3 Å². The van der Waals surface area contributed by atoms with E-state index >= 15 is 0 Å². The number of aromatic nitrogens is 3. The molecule has 0 aliphatic carbocycles. The van der Waals surface area contributed by atoms with Crippen LogP contribution in [-0.2, 0) is 20.9 Å². The number of aromatic amines is 1. The summed E-state index contributed by atoms with van der Waals surface area (Å²) in [5, 5.41) is 19.4. The van der Waals surface area contributed by atoms with Crippen LogP contribution in [0.15, 0.2) is 60.0 Å². The minimum atomic E-state index is -2.09. The second-order valence-corrected chi connectivity index (χ2v) is 11.3. The quantitative estimate of drug-likeness (QED) is 0.271. The summed E-state index contributed by atoms with van der Waals surface area (Å²) in [6.07, 6.45) is 0.285. The molecule has 0 saturated carbocycles. The van der Waals surface area contributed by atoms with Crippen LogP contribution in [0, 0.1) is 5.92 Å². The van der Waals surface area contributed by atoms with Crippen LogP contribution in [0.4, 0.5) is 5.69 Å². The molecule has 0 bridgehead atoms. The van der Waals surface area contributed by atoms with Gasteiger partial charge in [0.2, 0.25) is 0 Å². The van der Waals surface area contributed by atoms with Crippen molar-refractivity contribution in [1.82, 2.24) is 15.2 Å². The van der Waals surface area contributed by atoms with E-state index in [1.165, 1.54) is 18.1 Å². The topological polar surface area (TPSA) is 109 Å². The van der Waals surface area contributed by atoms with Crippen molar-refractivity contribution in [3.05, 3.63) is 71.5 Å². The molecule has 4 unspecified atom stereocenters. The van der Waals surface area contributed by atoms with Gasteiger partial charge in [-0.05, 0) is 23.3 Å². The predicted octanol–water partition coefficient (Wildman–Crippen LogP) is 5.19. The number of nitrogens with zero attached hydrogens (tertiary/aromatic N) is 2. The molecule has 1 aromatic heterocycles. The molecule has 4 rings (SSSR count). The van der Waals surface area contributed by atoms with Gasteiger partial charge in [-0.3, -0.25) is 9.89 Å². The molecule has 35 heavy (non-hydrogen) atoms. The van der Waals surface area contributed by atoms with Crippen LogP contribution < -0.4 is 5.32 Å². The van der Waals surface area contributed by atoms with Crippen molar-refractivity contribution in [3.63, 3.8) is 0 Å². The summed E-state index contributed by atoms with van der Waals surface area (Å²) in [6.45, 7) is 2.04. The Bertz CT molecular complexity index is 1130. The van der Waals surface area contributed by atoms with Crippen molar-refractivity contribution >= 4 is 58.2 Å². The number of aliphatic hydroxyl groups excluding tert-OH is 1. The SMILES string of the molecule is CC1C(CSc2ncn[nH]2)OC(c2cccc(NC(=O)C(Cl)(Cl)Cl)c2)OC1c1ccc(CO)cc1. The smallest absolute Gasteiger partial charge is 0.276 e. The largest absolute Gasteiger partial charge is 0.392 e. The van der Waals surface area contributed by atoms with Gasteiger partial charge in [-0.1, -0.05) is 89.9 Å². The molecule has 4 atom stereocenters. The molecule has 1 aliphatic heterocycles. The van der Waals surface area contributed by atoms with Crippen LogP contribution in [0.3, 0.4) is 0 Å². The number of H-pyrrole nitrogens is 1. The zero-order valence-electron chi connectivity index (χ0n) is 18.5. The fourth-order valence-corrected chi connectivity index (χ4v) is 4.78. The van der Waals surface area contributed by atoms with Gasteiger partial charge in [0, 0.05) is 22.9 Å². The van der Waals surface area contributed by atoms with Crippen molar-refractivity contribution in [2.24, 2.45) is 5.92 Å². The zero-order chi connectivity index (χ0) is 25.0. The number of aliphatic hydroxyl groups is 1. The Morgan fingerprint density at radius 2 is 1.94 bits per heavy atom. The zero-order valence-corrected chi connectivity index (χ0v) is 21.6. The lowest BCUT2D eigenvalue weighted by molar-refractivity contribution is -0.268. The number of benzene rings is 2. The average Bonchev–Trinajstić information content (AvgIpc) is 3.37. The van der Waals surface area contributed by atoms with Gasteiger partial charge < -0.3 is 19.9 Å². The summed E-state index contributed by atoms with van der Waals surface area (Å²) in [6, 6.07) is 14.7. The van der Waals surface area contributed by atoms with Crippen molar-refractivity contribution in [2.75, 3.05) is 11.1 Å². The Balaban J connectivity index is 1.58. The van der Waals surface area contributed by atoms with Crippen molar-refractivity contribution in [1.29, 1.82) is 0 Å². The second kappa shape index (κ2) is 11.5. The third-order valence-corrected chi connectivity index (χ3v) is 7.06. The maximum absolute atomic E-state index is 12.1. The highest BCUT2D eigenvalue weighted by atomic mass is 35.6. The van der Waals surface area contributed by atoms with Crippen molar-refractivity contribution < 1.29 is 19.4 Å². The summed E-state index contributed by atoms with van der Waals surface area (Å²) < 4.78 is 10.7. The molecule has 186 valence electrons. The first-order chi connectivity index (χ1) is 16.7. The second-order valence-electron chi connectivity index (χ2n) is 8.00. The molecule has 1 aliphatic rings. The Hall–Kier alpha value is -1.85. The summed E-state index contributed by atoms with van der Waals surface area (Å²) in [4.78, 5) is 16.3. The number of halogens is 3. The van der Waals surface area contributed by atoms with E-state index in [1.807, 2.05) is 30.3 Å². The normalized spacial score (nSPS) is 22.7. The van der Waals surface area contributed by atoms with Gasteiger partial charge in [-0.2, -0.15) is 5.10 Å². The lowest BCUT2D eigenvalue weighted by Gasteiger charge is -2.41. The first-order valence-electron chi connectivity index (χ1n) is 10.7. The Kier molecular flexibility index (Phi) is 8.59. The minimum Gasteiger partial charge on any atom is -0.392 e. The molecule has 8 nitrogen and oxygen atoms in total.